The summed E-state index contributed by atoms with van der Waals surface area (Å²) in [5.41, 5.74) is 0. The molecule has 5 nitrogen and oxygen atoms in total. The number of anilines is 1. The van der Waals surface area contributed by atoms with E-state index in [1.54, 1.807) is 0 Å². The van der Waals surface area contributed by atoms with Crippen LogP contribution in [0, 0.1) is 11.8 Å². The van der Waals surface area contributed by atoms with Gasteiger partial charge in [-0.1, -0.05) is 25.2 Å². The molecule has 0 saturated carbocycles. The van der Waals surface area contributed by atoms with Crippen LogP contribution in [0.15, 0.2) is 0 Å². The second-order valence-electron chi connectivity index (χ2n) is 4.05. The van der Waals surface area contributed by atoms with Crippen molar-refractivity contribution in [1.82, 2.24) is 15.5 Å². The van der Waals surface area contributed by atoms with Crippen LogP contribution in [0.4, 0.5) is 5.13 Å². The molecule has 0 aromatic carbocycles. The number of amides is 1. The van der Waals surface area contributed by atoms with Crippen LogP contribution in [-0.2, 0) is 11.2 Å². The van der Waals surface area contributed by atoms with E-state index >= 15 is 0 Å². The molecular formula is C10H17ClN4OS. The third-order valence-corrected chi connectivity index (χ3v) is 3.92. The second kappa shape index (κ2) is 6.28. The first-order valence-electron chi connectivity index (χ1n) is 5.54. The quantitative estimate of drug-likeness (QED) is 0.870. The zero-order valence-electron chi connectivity index (χ0n) is 9.90. The van der Waals surface area contributed by atoms with Crippen molar-refractivity contribution >= 4 is 34.8 Å². The molecule has 0 aliphatic carbocycles. The molecule has 1 saturated heterocycles. The van der Waals surface area contributed by atoms with Crippen LogP contribution in [0.25, 0.3) is 0 Å². The lowest BCUT2D eigenvalue weighted by Crippen LogP contribution is -2.48. The molecule has 1 amide bonds. The summed E-state index contributed by atoms with van der Waals surface area (Å²) in [6.45, 7) is 5.85. The first-order valence-corrected chi connectivity index (χ1v) is 6.36. The number of hydrogen-bond acceptors (Lipinski definition) is 5. The molecule has 1 aliphatic heterocycles. The first-order chi connectivity index (χ1) is 7.70. The normalized spacial score (nSPS) is 16.8. The van der Waals surface area contributed by atoms with E-state index in [4.69, 9.17) is 0 Å². The third kappa shape index (κ3) is 3.37. The highest BCUT2D eigenvalue weighted by Gasteiger charge is 2.29. The average molecular weight is 277 g/mol. The van der Waals surface area contributed by atoms with Gasteiger partial charge >= 0.3 is 0 Å². The van der Waals surface area contributed by atoms with Gasteiger partial charge in [0, 0.05) is 5.92 Å². The molecule has 1 aromatic rings. The summed E-state index contributed by atoms with van der Waals surface area (Å²) in [7, 11) is 0. The van der Waals surface area contributed by atoms with Crippen molar-refractivity contribution in [2.45, 2.75) is 20.3 Å². The summed E-state index contributed by atoms with van der Waals surface area (Å²) in [4.78, 5) is 11.8. The van der Waals surface area contributed by atoms with Crippen LogP contribution in [0.1, 0.15) is 18.9 Å². The Morgan fingerprint density at radius 1 is 1.59 bits per heavy atom. The van der Waals surface area contributed by atoms with E-state index in [1.807, 2.05) is 13.8 Å². The SMILES string of the molecule is CCc1nnc(NC(=O)C(C)C2CNC2)s1.Cl. The van der Waals surface area contributed by atoms with Crippen molar-refractivity contribution < 1.29 is 4.79 Å². The highest BCUT2D eigenvalue weighted by atomic mass is 35.5. The lowest BCUT2D eigenvalue weighted by atomic mass is 9.88. The summed E-state index contributed by atoms with van der Waals surface area (Å²) in [6.07, 6.45) is 0.857. The van der Waals surface area contributed by atoms with Gasteiger partial charge in [-0.15, -0.1) is 22.6 Å². The maximum atomic E-state index is 11.8. The Morgan fingerprint density at radius 2 is 2.29 bits per heavy atom. The topological polar surface area (TPSA) is 66.9 Å². The van der Waals surface area contributed by atoms with Gasteiger partial charge < -0.3 is 10.6 Å². The molecule has 2 rings (SSSR count). The smallest absolute Gasteiger partial charge is 0.229 e. The van der Waals surface area contributed by atoms with Gasteiger partial charge in [0.05, 0.1) is 0 Å². The molecule has 1 aliphatic rings. The van der Waals surface area contributed by atoms with Gasteiger partial charge in [0.15, 0.2) is 0 Å². The first kappa shape index (κ1) is 14.3. The van der Waals surface area contributed by atoms with Crippen molar-refractivity contribution in [1.29, 1.82) is 0 Å². The fourth-order valence-corrected chi connectivity index (χ4v) is 2.23. The van der Waals surface area contributed by atoms with E-state index in [0.717, 1.165) is 24.5 Å². The summed E-state index contributed by atoms with van der Waals surface area (Å²) < 4.78 is 0. The van der Waals surface area contributed by atoms with E-state index < -0.39 is 0 Å². The molecule has 1 atom stereocenters. The number of aryl methyl sites for hydroxylation is 1. The Kier molecular flexibility index (Phi) is 5.30. The number of nitrogens with zero attached hydrogens (tertiary/aromatic N) is 2. The monoisotopic (exact) mass is 276 g/mol. The predicted molar refractivity (Wildman–Crippen MR) is 70.7 cm³/mol. The van der Waals surface area contributed by atoms with Crippen LogP contribution in [-0.4, -0.2) is 29.2 Å². The number of nitrogens with one attached hydrogen (secondary N) is 2. The minimum Gasteiger partial charge on any atom is -0.316 e. The minimum absolute atomic E-state index is 0. The summed E-state index contributed by atoms with van der Waals surface area (Å²) in [5.74, 6) is 0.541. The van der Waals surface area contributed by atoms with E-state index in [9.17, 15) is 4.79 Å². The zero-order chi connectivity index (χ0) is 11.5. The third-order valence-electron chi connectivity index (χ3n) is 2.93. The number of hydrogen-bond donors (Lipinski definition) is 2. The average Bonchev–Trinajstić information content (AvgIpc) is 2.62. The fourth-order valence-electron chi connectivity index (χ4n) is 1.54. The summed E-state index contributed by atoms with van der Waals surface area (Å²) >= 11 is 1.45. The molecule has 1 fully saturated rings. The second-order valence-corrected chi connectivity index (χ2v) is 5.11. The molecule has 2 N–H and O–H groups in total. The highest BCUT2D eigenvalue weighted by molar-refractivity contribution is 7.15. The molecule has 2 heterocycles. The Hall–Kier alpha value is -0.720. The van der Waals surface area contributed by atoms with Gasteiger partial charge in [-0.05, 0) is 25.4 Å². The van der Waals surface area contributed by atoms with Crippen LogP contribution < -0.4 is 10.6 Å². The predicted octanol–water partition coefficient (Wildman–Crippen LogP) is 1.32. The lowest BCUT2D eigenvalue weighted by Gasteiger charge is -2.31. The Bertz CT molecular complexity index is 380. The van der Waals surface area contributed by atoms with E-state index in [1.165, 1.54) is 11.3 Å². The molecule has 0 spiro atoms. The standard InChI is InChI=1S/C10H16N4OS.ClH/c1-3-8-13-14-10(16-8)12-9(15)6(2)7-4-11-5-7;/h6-7,11H,3-5H2,1-2H3,(H,12,14,15);1H. The van der Waals surface area contributed by atoms with E-state index in [0.29, 0.717) is 11.0 Å². The van der Waals surface area contributed by atoms with Gasteiger partial charge in [-0.2, -0.15) is 0 Å². The van der Waals surface area contributed by atoms with Crippen molar-refractivity contribution in [3.63, 3.8) is 0 Å². The van der Waals surface area contributed by atoms with Crippen LogP contribution in [0.2, 0.25) is 0 Å². The van der Waals surface area contributed by atoms with Crippen LogP contribution in [0.3, 0.4) is 0 Å². The maximum absolute atomic E-state index is 11.8. The molecule has 7 heteroatoms. The minimum atomic E-state index is 0. The fraction of sp³-hybridized carbons (Fsp3) is 0.700. The van der Waals surface area contributed by atoms with Crippen molar-refractivity contribution in [3.05, 3.63) is 5.01 Å². The van der Waals surface area contributed by atoms with Gasteiger partial charge in [0.1, 0.15) is 5.01 Å². The molecule has 1 unspecified atom stereocenters. The van der Waals surface area contributed by atoms with Gasteiger partial charge in [0.25, 0.3) is 0 Å². The maximum Gasteiger partial charge on any atom is 0.229 e. The largest absolute Gasteiger partial charge is 0.316 e. The number of aromatic nitrogens is 2. The van der Waals surface area contributed by atoms with Crippen LogP contribution >= 0.6 is 23.7 Å². The molecule has 17 heavy (non-hydrogen) atoms. The van der Waals surface area contributed by atoms with Gasteiger partial charge in [-0.3, -0.25) is 4.79 Å². The molecule has 1 aromatic heterocycles. The zero-order valence-corrected chi connectivity index (χ0v) is 11.5. The van der Waals surface area contributed by atoms with Gasteiger partial charge in [0.2, 0.25) is 11.0 Å². The van der Waals surface area contributed by atoms with Crippen LogP contribution in [0.5, 0.6) is 0 Å². The number of rotatable bonds is 4. The Morgan fingerprint density at radius 3 is 2.76 bits per heavy atom. The molecule has 96 valence electrons. The van der Waals surface area contributed by atoms with Gasteiger partial charge in [-0.25, -0.2) is 0 Å². The van der Waals surface area contributed by atoms with E-state index in [2.05, 4.69) is 20.8 Å². The Balaban J connectivity index is 0.00000144. The summed E-state index contributed by atoms with van der Waals surface area (Å²) in [6, 6.07) is 0. The number of carbonyl (C=O) groups excluding carboxylic acids is 1. The molecule has 0 bridgehead atoms. The molecule has 0 radical (unpaired) electrons. The van der Waals surface area contributed by atoms with Crippen molar-refractivity contribution in [2.75, 3.05) is 18.4 Å². The van der Waals surface area contributed by atoms with Crippen molar-refractivity contribution in [3.8, 4) is 0 Å². The number of carbonyl (C=O) groups is 1. The lowest BCUT2D eigenvalue weighted by molar-refractivity contribution is -0.121. The molecular weight excluding hydrogens is 260 g/mol. The van der Waals surface area contributed by atoms with Crippen molar-refractivity contribution in [2.24, 2.45) is 11.8 Å². The number of halogens is 1. The highest BCUT2D eigenvalue weighted by Crippen LogP contribution is 2.20. The summed E-state index contributed by atoms with van der Waals surface area (Å²) in [5, 5.41) is 15.5. The Labute approximate surface area is 111 Å². The van der Waals surface area contributed by atoms with E-state index in [-0.39, 0.29) is 24.2 Å².